The quantitative estimate of drug-likeness (QED) is 0.820. The van der Waals surface area contributed by atoms with Crippen LogP contribution in [0.25, 0.3) is 0 Å². The molecule has 1 fully saturated rings. The molecule has 0 aromatic carbocycles. The van der Waals surface area contributed by atoms with Gasteiger partial charge in [0.25, 0.3) is 5.56 Å². The van der Waals surface area contributed by atoms with Crippen LogP contribution in [0.1, 0.15) is 27.7 Å². The molecule has 102 valence electrons. The van der Waals surface area contributed by atoms with Gasteiger partial charge in [0, 0.05) is 6.20 Å². The summed E-state index contributed by atoms with van der Waals surface area (Å²) in [5.41, 5.74) is 1.22. The van der Waals surface area contributed by atoms with E-state index < -0.39 is 0 Å². The normalized spacial score (nSPS) is 23.6. The third kappa shape index (κ3) is 2.62. The maximum Gasteiger partial charge on any atom is 0.271 e. The fourth-order valence-electron chi connectivity index (χ4n) is 2.58. The van der Waals surface area contributed by atoms with Crippen molar-refractivity contribution < 1.29 is 4.79 Å². The number of rotatable bonds is 3. The fraction of sp³-hybridized carbons (Fsp3) is 0.467. The number of allylic oxidation sites excluding steroid dienone is 2. The van der Waals surface area contributed by atoms with Crippen molar-refractivity contribution in [3.05, 3.63) is 40.3 Å². The molecule has 1 heterocycles. The van der Waals surface area contributed by atoms with Crippen LogP contribution in [-0.2, 0) is 4.79 Å². The van der Waals surface area contributed by atoms with E-state index in [-0.39, 0.29) is 28.7 Å². The Bertz CT molecular complexity index is 580. The van der Waals surface area contributed by atoms with Crippen LogP contribution in [0.15, 0.2) is 34.8 Å². The van der Waals surface area contributed by atoms with Crippen molar-refractivity contribution in [3.63, 3.8) is 0 Å². The summed E-state index contributed by atoms with van der Waals surface area (Å²) < 4.78 is 0. The molecule has 2 N–H and O–H groups in total. The second kappa shape index (κ2) is 4.68. The second-order valence-electron chi connectivity index (χ2n) is 5.97. The van der Waals surface area contributed by atoms with Gasteiger partial charge in [0.15, 0.2) is 0 Å². The first-order chi connectivity index (χ1) is 8.84. The minimum absolute atomic E-state index is 0.0388. The number of H-pyrrole nitrogens is 1. The van der Waals surface area contributed by atoms with Crippen molar-refractivity contribution >= 4 is 11.6 Å². The number of amides is 1. The lowest BCUT2D eigenvalue weighted by Gasteiger charge is -2.04. The Kier molecular flexibility index (Phi) is 3.35. The van der Waals surface area contributed by atoms with E-state index in [0.29, 0.717) is 5.69 Å². The van der Waals surface area contributed by atoms with Gasteiger partial charge in [0.05, 0.1) is 5.92 Å². The summed E-state index contributed by atoms with van der Waals surface area (Å²) in [6, 6.07) is 3.31. The molecule has 1 aromatic heterocycles. The van der Waals surface area contributed by atoms with Gasteiger partial charge < -0.3 is 10.3 Å². The number of nitrogens with one attached hydrogen (secondary N) is 2. The topological polar surface area (TPSA) is 62.0 Å². The monoisotopic (exact) mass is 260 g/mol. The Morgan fingerprint density at radius 3 is 2.68 bits per heavy atom. The number of aromatic amines is 1. The van der Waals surface area contributed by atoms with Crippen LogP contribution in [0.4, 0.5) is 5.69 Å². The van der Waals surface area contributed by atoms with E-state index in [4.69, 9.17) is 0 Å². The highest BCUT2D eigenvalue weighted by atomic mass is 16.2. The molecule has 2 atom stereocenters. The molecule has 1 saturated carbocycles. The molecule has 2 rings (SSSR count). The Labute approximate surface area is 112 Å². The van der Waals surface area contributed by atoms with Crippen molar-refractivity contribution in [2.75, 3.05) is 5.32 Å². The lowest BCUT2D eigenvalue weighted by Crippen LogP contribution is -2.22. The predicted octanol–water partition coefficient (Wildman–Crippen LogP) is 2.55. The van der Waals surface area contributed by atoms with Gasteiger partial charge in [-0.15, -0.1) is 0 Å². The van der Waals surface area contributed by atoms with Gasteiger partial charge in [-0.2, -0.15) is 0 Å². The molecule has 0 saturated heterocycles. The lowest BCUT2D eigenvalue weighted by molar-refractivity contribution is -0.118. The molecule has 0 spiro atoms. The van der Waals surface area contributed by atoms with Crippen molar-refractivity contribution in [2.45, 2.75) is 27.7 Å². The minimum atomic E-state index is -0.270. The van der Waals surface area contributed by atoms with E-state index in [1.165, 1.54) is 5.57 Å². The molecule has 4 nitrogen and oxygen atoms in total. The van der Waals surface area contributed by atoms with Crippen LogP contribution >= 0.6 is 0 Å². The third-order valence-electron chi connectivity index (χ3n) is 3.78. The number of carbonyl (C=O) groups excluding carboxylic acids is 1. The summed E-state index contributed by atoms with van der Waals surface area (Å²) >= 11 is 0. The average molecular weight is 260 g/mol. The van der Waals surface area contributed by atoms with Gasteiger partial charge in [-0.3, -0.25) is 9.59 Å². The van der Waals surface area contributed by atoms with Crippen molar-refractivity contribution in [1.29, 1.82) is 0 Å². The average Bonchev–Trinajstić information content (AvgIpc) is 2.82. The van der Waals surface area contributed by atoms with E-state index in [9.17, 15) is 9.59 Å². The number of hydrogen-bond acceptors (Lipinski definition) is 2. The molecule has 4 heteroatoms. The summed E-state index contributed by atoms with van der Waals surface area (Å²) in [5.74, 6) is 0.103. The van der Waals surface area contributed by atoms with E-state index >= 15 is 0 Å². The summed E-state index contributed by atoms with van der Waals surface area (Å²) in [4.78, 5) is 26.3. The maximum absolute atomic E-state index is 12.2. The van der Waals surface area contributed by atoms with Crippen molar-refractivity contribution in [1.82, 2.24) is 4.98 Å². The Hall–Kier alpha value is -1.84. The summed E-state index contributed by atoms with van der Waals surface area (Å²) in [7, 11) is 0. The smallest absolute Gasteiger partial charge is 0.271 e. The first-order valence-corrected chi connectivity index (χ1v) is 6.47. The van der Waals surface area contributed by atoms with Gasteiger partial charge in [-0.1, -0.05) is 25.5 Å². The largest absolute Gasteiger partial charge is 0.327 e. The number of anilines is 1. The number of carbonyl (C=O) groups is 1. The van der Waals surface area contributed by atoms with Crippen LogP contribution in [0.5, 0.6) is 0 Å². The highest BCUT2D eigenvalue weighted by molar-refractivity contribution is 5.95. The first-order valence-electron chi connectivity index (χ1n) is 6.47. The lowest BCUT2D eigenvalue weighted by atomic mass is 10.1. The summed E-state index contributed by atoms with van der Waals surface area (Å²) in [5, 5.41) is 2.72. The molecular weight excluding hydrogens is 240 g/mol. The van der Waals surface area contributed by atoms with E-state index in [1.54, 1.807) is 18.3 Å². The van der Waals surface area contributed by atoms with Crippen LogP contribution in [-0.4, -0.2) is 10.9 Å². The van der Waals surface area contributed by atoms with Crippen LogP contribution < -0.4 is 10.9 Å². The zero-order chi connectivity index (χ0) is 14.2. The molecule has 0 aliphatic heterocycles. The van der Waals surface area contributed by atoms with Gasteiger partial charge in [0.1, 0.15) is 5.69 Å². The molecule has 1 amide bonds. The summed E-state index contributed by atoms with van der Waals surface area (Å²) in [6.45, 7) is 8.23. The molecular formula is C15H20N2O2. The Morgan fingerprint density at radius 2 is 2.11 bits per heavy atom. The van der Waals surface area contributed by atoms with Crippen molar-refractivity contribution in [3.8, 4) is 0 Å². The second-order valence-corrected chi connectivity index (χ2v) is 5.97. The standard InChI is InChI=1S/C15H20N2O2/c1-9(2)8-10-12(15(10,3)4)14(19)17-11-6-5-7-16-13(11)18/h5-8,10,12H,1-4H3,(H,16,18)(H,17,19)/t10-,12+/m1/s1. The fourth-order valence-corrected chi connectivity index (χ4v) is 2.58. The van der Waals surface area contributed by atoms with Gasteiger partial charge in [0.2, 0.25) is 5.91 Å². The minimum Gasteiger partial charge on any atom is -0.327 e. The van der Waals surface area contributed by atoms with Gasteiger partial charge in [-0.05, 0) is 37.3 Å². The molecule has 0 radical (unpaired) electrons. The van der Waals surface area contributed by atoms with E-state index in [0.717, 1.165) is 0 Å². The van der Waals surface area contributed by atoms with Crippen LogP contribution in [0.2, 0.25) is 0 Å². The molecule has 0 bridgehead atoms. The molecule has 1 aliphatic rings. The first kappa shape index (κ1) is 13.6. The predicted molar refractivity (Wildman–Crippen MR) is 75.9 cm³/mol. The third-order valence-corrected chi connectivity index (χ3v) is 3.78. The summed E-state index contributed by atoms with van der Waals surface area (Å²) in [6.07, 6.45) is 3.69. The van der Waals surface area contributed by atoms with Crippen molar-refractivity contribution in [2.24, 2.45) is 17.3 Å². The highest BCUT2D eigenvalue weighted by Crippen LogP contribution is 2.59. The highest BCUT2D eigenvalue weighted by Gasteiger charge is 2.60. The molecule has 1 aromatic rings. The Morgan fingerprint density at radius 1 is 1.42 bits per heavy atom. The van der Waals surface area contributed by atoms with Gasteiger partial charge >= 0.3 is 0 Å². The van der Waals surface area contributed by atoms with E-state index in [1.807, 2.05) is 13.8 Å². The number of pyridine rings is 1. The van der Waals surface area contributed by atoms with Crippen LogP contribution in [0, 0.1) is 17.3 Å². The maximum atomic E-state index is 12.2. The van der Waals surface area contributed by atoms with E-state index in [2.05, 4.69) is 30.2 Å². The van der Waals surface area contributed by atoms with Crippen LogP contribution in [0.3, 0.4) is 0 Å². The zero-order valence-corrected chi connectivity index (χ0v) is 11.8. The zero-order valence-electron chi connectivity index (χ0n) is 11.8. The molecule has 19 heavy (non-hydrogen) atoms. The van der Waals surface area contributed by atoms with Gasteiger partial charge in [-0.25, -0.2) is 0 Å². The SMILES string of the molecule is CC(C)=C[C@@H]1[C@@H](C(=O)Nc2ccc[nH]c2=O)C1(C)C. The number of hydrogen-bond donors (Lipinski definition) is 2. The molecule has 0 unspecified atom stereocenters. The number of aromatic nitrogens is 1. The molecule has 1 aliphatic carbocycles. The Balaban J connectivity index is 2.13.